The number of methoxy groups -OCH3 is 1. The molecular weight excluding hydrogens is 358 g/mol. The highest BCUT2D eigenvalue weighted by atomic mass is 16.8. The Morgan fingerprint density at radius 1 is 1.21 bits per heavy atom. The van der Waals surface area contributed by atoms with E-state index >= 15 is 0 Å². The molecule has 0 N–H and O–H groups in total. The predicted octanol–water partition coefficient (Wildman–Crippen LogP) is 3.60. The Balaban J connectivity index is 1.55. The summed E-state index contributed by atoms with van der Waals surface area (Å²) in [4.78, 5) is 24.1. The fourth-order valence-corrected chi connectivity index (χ4v) is 4.69. The number of aromatic nitrogens is 1. The number of likely N-dealkylation sites (tertiary alicyclic amines) is 1. The summed E-state index contributed by atoms with van der Waals surface area (Å²) >= 11 is 0. The van der Waals surface area contributed by atoms with Crippen LogP contribution in [-0.4, -0.2) is 66.0 Å². The van der Waals surface area contributed by atoms with Gasteiger partial charge in [-0.3, -0.25) is 0 Å². The van der Waals surface area contributed by atoms with Crippen LogP contribution in [-0.2, 0) is 9.57 Å². The standard InChI is InChI=1S/C21H33N3O4/c1-5-27-21(25)28-24-15(2)13-18(14-16(24)3)23-11-8-17(9-12-23)19-7-6-10-22-20(19)26-4/h6-7,10,15-18H,5,8-9,11-14H2,1-4H3. The second-order valence-electron chi connectivity index (χ2n) is 7.87. The number of piperidine rings is 2. The summed E-state index contributed by atoms with van der Waals surface area (Å²) in [6.07, 6.45) is 5.39. The lowest BCUT2D eigenvalue weighted by Gasteiger charge is -2.46. The number of carbonyl (C=O) groups is 1. The van der Waals surface area contributed by atoms with Crippen molar-refractivity contribution in [2.75, 3.05) is 26.8 Å². The van der Waals surface area contributed by atoms with E-state index < -0.39 is 6.16 Å². The van der Waals surface area contributed by atoms with Gasteiger partial charge in [-0.25, -0.2) is 9.78 Å². The molecule has 0 aliphatic carbocycles. The van der Waals surface area contributed by atoms with Gasteiger partial charge in [0.05, 0.1) is 13.7 Å². The summed E-state index contributed by atoms with van der Waals surface area (Å²) < 4.78 is 10.4. The molecule has 2 fully saturated rings. The van der Waals surface area contributed by atoms with Crippen molar-refractivity contribution in [3.63, 3.8) is 0 Å². The number of hydrogen-bond donors (Lipinski definition) is 0. The van der Waals surface area contributed by atoms with Crippen LogP contribution in [0.2, 0.25) is 0 Å². The molecule has 0 bridgehead atoms. The number of hydroxylamine groups is 2. The molecule has 2 saturated heterocycles. The van der Waals surface area contributed by atoms with Crippen molar-refractivity contribution >= 4 is 6.16 Å². The molecular formula is C21H33N3O4. The summed E-state index contributed by atoms with van der Waals surface area (Å²) in [7, 11) is 1.69. The van der Waals surface area contributed by atoms with Crippen LogP contribution in [0.25, 0.3) is 0 Å². The van der Waals surface area contributed by atoms with Crippen molar-refractivity contribution < 1.29 is 19.1 Å². The van der Waals surface area contributed by atoms with E-state index in [1.807, 2.05) is 11.1 Å². The number of ether oxygens (including phenoxy) is 2. The molecule has 28 heavy (non-hydrogen) atoms. The van der Waals surface area contributed by atoms with Crippen molar-refractivity contribution in [3.05, 3.63) is 23.9 Å². The van der Waals surface area contributed by atoms with E-state index in [0.717, 1.165) is 44.7 Å². The minimum atomic E-state index is -0.606. The van der Waals surface area contributed by atoms with Crippen LogP contribution in [0.3, 0.4) is 0 Å². The molecule has 7 nitrogen and oxygen atoms in total. The summed E-state index contributed by atoms with van der Waals surface area (Å²) in [6.45, 7) is 8.50. The molecule has 0 radical (unpaired) electrons. The minimum Gasteiger partial charge on any atom is -0.481 e. The van der Waals surface area contributed by atoms with Crippen LogP contribution >= 0.6 is 0 Å². The first kappa shape index (κ1) is 20.9. The highest BCUT2D eigenvalue weighted by Crippen LogP contribution is 2.35. The van der Waals surface area contributed by atoms with Crippen LogP contribution in [0.15, 0.2) is 18.3 Å². The zero-order valence-corrected chi connectivity index (χ0v) is 17.5. The Bertz CT molecular complexity index is 636. The first-order valence-corrected chi connectivity index (χ1v) is 10.4. The average Bonchev–Trinajstić information content (AvgIpc) is 2.71. The second kappa shape index (κ2) is 9.56. The van der Waals surface area contributed by atoms with E-state index in [1.165, 1.54) is 5.56 Å². The van der Waals surface area contributed by atoms with Gasteiger partial charge in [0.15, 0.2) is 0 Å². The van der Waals surface area contributed by atoms with E-state index in [1.54, 1.807) is 20.2 Å². The number of nitrogens with zero attached hydrogens (tertiary/aromatic N) is 3. The van der Waals surface area contributed by atoms with Gasteiger partial charge < -0.3 is 19.2 Å². The quantitative estimate of drug-likeness (QED) is 0.711. The fraction of sp³-hybridized carbons (Fsp3) is 0.714. The Morgan fingerprint density at radius 3 is 2.50 bits per heavy atom. The van der Waals surface area contributed by atoms with Crippen molar-refractivity contribution in [2.45, 2.75) is 70.5 Å². The van der Waals surface area contributed by atoms with Gasteiger partial charge >= 0.3 is 6.16 Å². The van der Waals surface area contributed by atoms with Crippen LogP contribution in [0.4, 0.5) is 4.79 Å². The highest BCUT2D eigenvalue weighted by molar-refractivity contribution is 5.59. The zero-order valence-electron chi connectivity index (χ0n) is 17.5. The lowest BCUT2D eigenvalue weighted by molar-refractivity contribution is -0.196. The van der Waals surface area contributed by atoms with E-state index in [2.05, 4.69) is 29.8 Å². The first-order valence-electron chi connectivity index (χ1n) is 10.4. The molecule has 2 aliphatic heterocycles. The summed E-state index contributed by atoms with van der Waals surface area (Å²) in [6, 6.07) is 5.00. The molecule has 2 aliphatic rings. The molecule has 1 aromatic rings. The molecule has 0 amide bonds. The number of rotatable bonds is 5. The highest BCUT2D eigenvalue weighted by Gasteiger charge is 2.37. The molecule has 0 saturated carbocycles. The fourth-order valence-electron chi connectivity index (χ4n) is 4.69. The Morgan fingerprint density at radius 2 is 1.89 bits per heavy atom. The van der Waals surface area contributed by atoms with Crippen molar-refractivity contribution in [1.82, 2.24) is 14.9 Å². The van der Waals surface area contributed by atoms with Gasteiger partial charge in [0.2, 0.25) is 5.88 Å². The molecule has 3 rings (SSSR count). The molecule has 2 unspecified atom stereocenters. The molecule has 0 spiro atoms. The Hall–Kier alpha value is -1.86. The predicted molar refractivity (Wildman–Crippen MR) is 106 cm³/mol. The average molecular weight is 392 g/mol. The minimum absolute atomic E-state index is 0.175. The normalized spacial score (nSPS) is 27.4. The smallest absolute Gasteiger partial charge is 0.481 e. The van der Waals surface area contributed by atoms with Crippen LogP contribution in [0.5, 0.6) is 5.88 Å². The van der Waals surface area contributed by atoms with E-state index in [4.69, 9.17) is 14.3 Å². The molecule has 156 valence electrons. The van der Waals surface area contributed by atoms with Gasteiger partial charge in [-0.1, -0.05) is 6.07 Å². The van der Waals surface area contributed by atoms with Crippen LogP contribution in [0.1, 0.15) is 57.9 Å². The van der Waals surface area contributed by atoms with Crippen molar-refractivity contribution in [3.8, 4) is 5.88 Å². The molecule has 2 atom stereocenters. The van der Waals surface area contributed by atoms with Crippen molar-refractivity contribution in [2.24, 2.45) is 0 Å². The molecule has 7 heteroatoms. The third kappa shape index (κ3) is 4.75. The van der Waals surface area contributed by atoms with Gasteiger partial charge in [-0.15, -0.1) is 5.06 Å². The molecule has 1 aromatic heterocycles. The van der Waals surface area contributed by atoms with Crippen molar-refractivity contribution in [1.29, 1.82) is 0 Å². The largest absolute Gasteiger partial charge is 0.527 e. The van der Waals surface area contributed by atoms with Gasteiger partial charge in [-0.05, 0) is 71.5 Å². The third-order valence-electron chi connectivity index (χ3n) is 6.02. The zero-order chi connectivity index (χ0) is 20.1. The maximum absolute atomic E-state index is 11.7. The van der Waals surface area contributed by atoms with E-state index in [9.17, 15) is 4.79 Å². The van der Waals surface area contributed by atoms with Gasteiger partial charge in [0.25, 0.3) is 0 Å². The number of carbonyl (C=O) groups excluding carboxylic acids is 1. The maximum Gasteiger partial charge on any atom is 0.527 e. The first-order chi connectivity index (χ1) is 13.5. The second-order valence-corrected chi connectivity index (χ2v) is 7.87. The van der Waals surface area contributed by atoms with Gasteiger partial charge in [-0.2, -0.15) is 0 Å². The number of hydrogen-bond acceptors (Lipinski definition) is 7. The molecule has 3 heterocycles. The SMILES string of the molecule is CCOC(=O)ON1C(C)CC(N2CCC(c3cccnc3OC)CC2)CC1C. The summed E-state index contributed by atoms with van der Waals surface area (Å²) in [5.74, 6) is 1.26. The lowest BCUT2D eigenvalue weighted by atomic mass is 9.87. The monoisotopic (exact) mass is 391 g/mol. The molecule has 0 aromatic carbocycles. The summed E-state index contributed by atoms with van der Waals surface area (Å²) in [5.41, 5.74) is 1.23. The Kier molecular flexibility index (Phi) is 7.13. The Labute approximate surface area is 167 Å². The maximum atomic E-state index is 11.7. The third-order valence-corrected chi connectivity index (χ3v) is 6.02. The number of pyridine rings is 1. The van der Waals surface area contributed by atoms with E-state index in [0.29, 0.717) is 18.6 Å². The lowest BCUT2D eigenvalue weighted by Crippen LogP contribution is -2.54. The van der Waals surface area contributed by atoms with Crippen LogP contribution in [0, 0.1) is 0 Å². The van der Waals surface area contributed by atoms with Gasteiger partial charge in [0, 0.05) is 29.9 Å². The van der Waals surface area contributed by atoms with Crippen LogP contribution < -0.4 is 4.74 Å². The summed E-state index contributed by atoms with van der Waals surface area (Å²) in [5, 5.41) is 1.81. The van der Waals surface area contributed by atoms with E-state index in [-0.39, 0.29) is 12.1 Å². The van der Waals surface area contributed by atoms with Gasteiger partial charge in [0.1, 0.15) is 0 Å². The topological polar surface area (TPSA) is 64.1 Å².